The summed E-state index contributed by atoms with van der Waals surface area (Å²) in [6.07, 6.45) is 0.986. The fourth-order valence-corrected chi connectivity index (χ4v) is 2.25. The molecule has 0 saturated heterocycles. The van der Waals surface area contributed by atoms with Crippen molar-refractivity contribution in [3.8, 4) is 0 Å². The number of nitrogens with one attached hydrogen (secondary N) is 1. The molecule has 0 amide bonds. The van der Waals surface area contributed by atoms with Crippen LogP contribution >= 0.6 is 12.2 Å². The maximum Gasteiger partial charge on any atom is 0.177 e. The number of rotatable bonds is 3. The van der Waals surface area contributed by atoms with Gasteiger partial charge >= 0.3 is 0 Å². The molecule has 2 rings (SSSR count). The first-order chi connectivity index (χ1) is 9.61. The number of anilines is 2. The van der Waals surface area contributed by atoms with Crippen LogP contribution in [-0.2, 0) is 6.42 Å². The van der Waals surface area contributed by atoms with Gasteiger partial charge in [0.05, 0.1) is 0 Å². The summed E-state index contributed by atoms with van der Waals surface area (Å²) < 4.78 is 0. The van der Waals surface area contributed by atoms with Gasteiger partial charge in [-0.15, -0.1) is 0 Å². The summed E-state index contributed by atoms with van der Waals surface area (Å²) >= 11 is 5.50. The highest BCUT2D eigenvalue weighted by Crippen LogP contribution is 2.18. The summed E-state index contributed by atoms with van der Waals surface area (Å²) in [5.41, 5.74) is 4.69. The molecule has 20 heavy (non-hydrogen) atoms. The quantitative estimate of drug-likeness (QED) is 0.842. The fraction of sp³-hybridized carbons (Fsp3) is 0.235. The molecule has 0 radical (unpaired) electrons. The zero-order valence-corrected chi connectivity index (χ0v) is 13.0. The molecule has 0 fully saturated rings. The van der Waals surface area contributed by atoms with Crippen molar-refractivity contribution in [1.29, 1.82) is 0 Å². The fourth-order valence-electron chi connectivity index (χ4n) is 2.04. The normalized spacial score (nSPS) is 10.2. The smallest absolute Gasteiger partial charge is 0.177 e. The predicted octanol–water partition coefficient (Wildman–Crippen LogP) is 4.39. The molecule has 0 atom stereocenters. The highest BCUT2D eigenvalue weighted by Gasteiger charge is 2.08. The molecule has 0 aliphatic heterocycles. The first-order valence-corrected chi connectivity index (χ1v) is 7.22. The molecule has 0 aromatic heterocycles. The van der Waals surface area contributed by atoms with Crippen molar-refractivity contribution in [2.45, 2.75) is 20.3 Å². The van der Waals surface area contributed by atoms with Crippen molar-refractivity contribution in [3.63, 3.8) is 0 Å². The topological polar surface area (TPSA) is 15.3 Å². The van der Waals surface area contributed by atoms with Crippen molar-refractivity contribution in [2.24, 2.45) is 0 Å². The van der Waals surface area contributed by atoms with Gasteiger partial charge in [-0.2, -0.15) is 0 Å². The number of nitrogens with zero attached hydrogens (tertiary/aromatic N) is 1. The largest absolute Gasteiger partial charge is 0.332 e. The minimum Gasteiger partial charge on any atom is -0.332 e. The Kier molecular flexibility index (Phi) is 4.74. The van der Waals surface area contributed by atoms with Crippen LogP contribution < -0.4 is 10.2 Å². The van der Waals surface area contributed by atoms with E-state index in [4.69, 9.17) is 12.2 Å². The van der Waals surface area contributed by atoms with Crippen LogP contribution in [-0.4, -0.2) is 12.2 Å². The Morgan fingerprint density at radius 3 is 2.40 bits per heavy atom. The monoisotopic (exact) mass is 284 g/mol. The van der Waals surface area contributed by atoms with Gasteiger partial charge < -0.3 is 10.2 Å². The van der Waals surface area contributed by atoms with E-state index < -0.39 is 0 Å². The van der Waals surface area contributed by atoms with Crippen LogP contribution in [0, 0.1) is 6.92 Å². The van der Waals surface area contributed by atoms with Crippen LogP contribution in [0.2, 0.25) is 0 Å². The van der Waals surface area contributed by atoms with E-state index in [1.165, 1.54) is 11.1 Å². The zero-order valence-electron chi connectivity index (χ0n) is 12.2. The van der Waals surface area contributed by atoms with Crippen LogP contribution in [0.4, 0.5) is 11.4 Å². The van der Waals surface area contributed by atoms with Crippen molar-refractivity contribution < 1.29 is 0 Å². The minimum atomic E-state index is 0.703. The summed E-state index contributed by atoms with van der Waals surface area (Å²) in [5.74, 6) is 0. The third-order valence-corrected chi connectivity index (χ3v) is 3.74. The van der Waals surface area contributed by atoms with E-state index in [-0.39, 0.29) is 0 Å². The van der Waals surface area contributed by atoms with Gasteiger partial charge in [0.2, 0.25) is 0 Å². The standard InChI is InChI=1S/C17H20N2S/c1-4-14-7-5-6-8-16(14)18-17(20)19(3)15-11-9-13(2)10-12-15/h5-12H,4H2,1-3H3,(H,18,20). The van der Waals surface area contributed by atoms with Crippen LogP contribution in [0.5, 0.6) is 0 Å². The lowest BCUT2D eigenvalue weighted by molar-refractivity contribution is 1.14. The lowest BCUT2D eigenvalue weighted by Crippen LogP contribution is -2.31. The Labute approximate surface area is 126 Å². The van der Waals surface area contributed by atoms with Crippen LogP contribution in [0.1, 0.15) is 18.1 Å². The average Bonchev–Trinajstić information content (AvgIpc) is 2.48. The minimum absolute atomic E-state index is 0.703. The molecule has 1 N–H and O–H groups in total. The van der Waals surface area contributed by atoms with Crippen molar-refractivity contribution in [1.82, 2.24) is 0 Å². The molecule has 0 saturated carbocycles. The third kappa shape index (κ3) is 3.36. The summed E-state index contributed by atoms with van der Waals surface area (Å²) in [6, 6.07) is 16.6. The van der Waals surface area contributed by atoms with Crippen molar-refractivity contribution in [3.05, 3.63) is 59.7 Å². The Bertz CT molecular complexity index is 590. The molecule has 0 heterocycles. The number of hydrogen-bond donors (Lipinski definition) is 1. The predicted molar refractivity (Wildman–Crippen MR) is 91.6 cm³/mol. The maximum absolute atomic E-state index is 5.50. The number of aryl methyl sites for hydroxylation is 2. The van der Waals surface area contributed by atoms with Crippen LogP contribution in [0.15, 0.2) is 48.5 Å². The second kappa shape index (κ2) is 6.53. The molecular formula is C17H20N2S. The number of para-hydroxylation sites is 1. The summed E-state index contributed by atoms with van der Waals surface area (Å²) in [4.78, 5) is 1.99. The van der Waals surface area contributed by atoms with E-state index >= 15 is 0 Å². The van der Waals surface area contributed by atoms with Gasteiger partial charge in [-0.05, 0) is 49.3 Å². The average molecular weight is 284 g/mol. The summed E-state index contributed by atoms with van der Waals surface area (Å²) in [6.45, 7) is 4.23. The number of hydrogen-bond acceptors (Lipinski definition) is 1. The summed E-state index contributed by atoms with van der Waals surface area (Å²) in [7, 11) is 1.98. The Hall–Kier alpha value is -1.87. The molecule has 2 aromatic rings. The van der Waals surface area contributed by atoms with Crippen LogP contribution in [0.3, 0.4) is 0 Å². The van der Waals surface area contributed by atoms with Gasteiger partial charge in [-0.1, -0.05) is 42.8 Å². The first kappa shape index (κ1) is 14.5. The highest BCUT2D eigenvalue weighted by molar-refractivity contribution is 7.80. The van der Waals surface area contributed by atoms with Gasteiger partial charge in [0.1, 0.15) is 0 Å². The van der Waals surface area contributed by atoms with E-state index in [9.17, 15) is 0 Å². The van der Waals surface area contributed by atoms with E-state index in [0.29, 0.717) is 5.11 Å². The molecule has 0 spiro atoms. The second-order valence-electron chi connectivity index (χ2n) is 4.84. The Morgan fingerprint density at radius 2 is 1.75 bits per heavy atom. The van der Waals surface area contributed by atoms with Gasteiger partial charge in [-0.25, -0.2) is 0 Å². The van der Waals surface area contributed by atoms with E-state index in [2.05, 4.69) is 61.6 Å². The van der Waals surface area contributed by atoms with Crippen LogP contribution in [0.25, 0.3) is 0 Å². The maximum atomic E-state index is 5.50. The molecule has 2 aromatic carbocycles. The van der Waals surface area contributed by atoms with Gasteiger partial charge in [-0.3, -0.25) is 0 Å². The van der Waals surface area contributed by atoms with Crippen molar-refractivity contribution in [2.75, 3.05) is 17.3 Å². The highest BCUT2D eigenvalue weighted by atomic mass is 32.1. The third-order valence-electron chi connectivity index (χ3n) is 3.37. The molecule has 104 valence electrons. The second-order valence-corrected chi connectivity index (χ2v) is 5.22. The molecule has 0 bridgehead atoms. The molecule has 0 aliphatic rings. The van der Waals surface area contributed by atoms with E-state index in [0.717, 1.165) is 17.8 Å². The molecule has 0 unspecified atom stereocenters. The molecule has 2 nitrogen and oxygen atoms in total. The Balaban J connectivity index is 2.13. The molecule has 0 aliphatic carbocycles. The lowest BCUT2D eigenvalue weighted by atomic mass is 10.1. The lowest BCUT2D eigenvalue weighted by Gasteiger charge is -2.22. The van der Waals surface area contributed by atoms with Crippen molar-refractivity contribution >= 4 is 28.7 Å². The van der Waals surface area contributed by atoms with E-state index in [1.54, 1.807) is 0 Å². The summed E-state index contributed by atoms with van der Waals surface area (Å²) in [5, 5.41) is 4.04. The first-order valence-electron chi connectivity index (χ1n) is 6.81. The van der Waals surface area contributed by atoms with Gasteiger partial charge in [0, 0.05) is 18.4 Å². The van der Waals surface area contributed by atoms with Gasteiger partial charge in [0.15, 0.2) is 5.11 Å². The Morgan fingerprint density at radius 1 is 1.10 bits per heavy atom. The number of thiocarbonyl (C=S) groups is 1. The number of benzene rings is 2. The SMILES string of the molecule is CCc1ccccc1NC(=S)N(C)c1ccc(C)cc1. The van der Waals surface area contributed by atoms with Gasteiger partial charge in [0.25, 0.3) is 0 Å². The molecule has 3 heteroatoms. The zero-order chi connectivity index (χ0) is 14.5. The van der Waals surface area contributed by atoms with E-state index in [1.807, 2.05) is 18.0 Å². The molecular weight excluding hydrogens is 264 g/mol.